The van der Waals surface area contributed by atoms with E-state index < -0.39 is 0 Å². The number of amides is 1. The lowest BCUT2D eigenvalue weighted by molar-refractivity contribution is -0.136. The summed E-state index contributed by atoms with van der Waals surface area (Å²) in [5, 5.41) is 0. The van der Waals surface area contributed by atoms with Crippen molar-refractivity contribution >= 4 is 11.7 Å². The van der Waals surface area contributed by atoms with Crippen LogP contribution in [0.25, 0.3) is 0 Å². The minimum absolute atomic E-state index is 0.173. The molecule has 0 aliphatic carbocycles. The van der Waals surface area contributed by atoms with Gasteiger partial charge >= 0.3 is 0 Å². The first-order valence-corrected chi connectivity index (χ1v) is 8.78. The molecule has 2 aliphatic rings. The zero-order valence-corrected chi connectivity index (χ0v) is 14.7. The number of Topliss-reactive ketones (excluding diaryl/α,β-unsaturated/α-hetero) is 1. The summed E-state index contributed by atoms with van der Waals surface area (Å²) < 4.78 is 0. The fraction of sp³-hybridized carbons (Fsp3) is 0.889. The van der Waals surface area contributed by atoms with Crippen molar-refractivity contribution in [1.82, 2.24) is 9.80 Å². The van der Waals surface area contributed by atoms with E-state index in [0.29, 0.717) is 12.0 Å². The maximum atomic E-state index is 12.4. The molecule has 2 fully saturated rings. The third-order valence-electron chi connectivity index (χ3n) is 5.59. The average molecular weight is 308 g/mol. The molecular weight excluding hydrogens is 276 g/mol. The van der Waals surface area contributed by atoms with Crippen LogP contribution >= 0.6 is 0 Å². The molecule has 0 aromatic heterocycles. The second-order valence-corrected chi connectivity index (χ2v) is 8.18. The Morgan fingerprint density at radius 1 is 0.955 bits per heavy atom. The Bertz CT molecular complexity index is 398. The normalized spacial score (nSPS) is 22.8. The molecule has 0 aromatic carbocycles. The van der Waals surface area contributed by atoms with Crippen molar-refractivity contribution in [2.75, 3.05) is 32.7 Å². The summed E-state index contributed by atoms with van der Waals surface area (Å²) >= 11 is 0. The number of hydrogen-bond acceptors (Lipinski definition) is 3. The molecule has 2 heterocycles. The maximum Gasteiger partial charge on any atom is 0.236 e. The Kier molecular flexibility index (Phi) is 5.65. The number of ketones is 1. The highest BCUT2D eigenvalue weighted by Crippen LogP contribution is 2.34. The summed E-state index contributed by atoms with van der Waals surface area (Å²) in [6.07, 6.45) is 4.08. The van der Waals surface area contributed by atoms with Gasteiger partial charge in [-0.1, -0.05) is 20.8 Å². The van der Waals surface area contributed by atoms with Gasteiger partial charge in [-0.25, -0.2) is 0 Å². The Hall–Kier alpha value is -0.900. The van der Waals surface area contributed by atoms with Crippen molar-refractivity contribution in [1.29, 1.82) is 0 Å². The standard InChI is InChI=1S/C18H32N2O2/c1-14(21)15-5-11-20(12-6-15)17(22)13-19-9-7-16(8-10-19)18(2,3)4/h15-16H,5-13H2,1-4H3. The molecule has 0 aromatic rings. The van der Waals surface area contributed by atoms with E-state index in [1.165, 1.54) is 12.8 Å². The largest absolute Gasteiger partial charge is 0.342 e. The van der Waals surface area contributed by atoms with E-state index in [9.17, 15) is 9.59 Å². The van der Waals surface area contributed by atoms with Gasteiger partial charge in [0.25, 0.3) is 0 Å². The van der Waals surface area contributed by atoms with Crippen LogP contribution in [0.15, 0.2) is 0 Å². The summed E-state index contributed by atoms with van der Waals surface area (Å²) in [6.45, 7) is 12.8. The lowest BCUT2D eigenvalue weighted by Gasteiger charge is -2.39. The molecule has 0 radical (unpaired) electrons. The number of piperidine rings is 2. The van der Waals surface area contributed by atoms with Gasteiger partial charge in [-0.15, -0.1) is 0 Å². The smallest absolute Gasteiger partial charge is 0.236 e. The van der Waals surface area contributed by atoms with E-state index in [0.717, 1.165) is 44.9 Å². The molecule has 2 aliphatic heterocycles. The fourth-order valence-electron chi connectivity index (χ4n) is 3.78. The molecule has 0 spiro atoms. The summed E-state index contributed by atoms with van der Waals surface area (Å²) in [5.41, 5.74) is 0.380. The number of likely N-dealkylation sites (tertiary alicyclic amines) is 2. The molecule has 126 valence electrons. The first-order valence-electron chi connectivity index (χ1n) is 8.78. The predicted octanol–water partition coefficient (Wildman–Crippen LogP) is 2.57. The topological polar surface area (TPSA) is 40.6 Å². The summed E-state index contributed by atoms with van der Waals surface area (Å²) in [5.74, 6) is 1.46. The number of nitrogens with zero attached hydrogens (tertiary/aromatic N) is 2. The van der Waals surface area contributed by atoms with Gasteiger partial charge in [-0.05, 0) is 57.0 Å². The molecule has 4 heteroatoms. The zero-order valence-electron chi connectivity index (χ0n) is 14.7. The lowest BCUT2D eigenvalue weighted by atomic mass is 9.75. The monoisotopic (exact) mass is 308 g/mol. The highest BCUT2D eigenvalue weighted by molar-refractivity contribution is 5.80. The van der Waals surface area contributed by atoms with E-state index >= 15 is 0 Å². The van der Waals surface area contributed by atoms with Crippen molar-refractivity contribution in [3.8, 4) is 0 Å². The van der Waals surface area contributed by atoms with Gasteiger partial charge in [-0.3, -0.25) is 14.5 Å². The average Bonchev–Trinajstić information content (AvgIpc) is 2.47. The van der Waals surface area contributed by atoms with Crippen LogP contribution in [0.4, 0.5) is 0 Å². The highest BCUT2D eigenvalue weighted by atomic mass is 16.2. The van der Waals surface area contributed by atoms with Crippen LogP contribution in [0.3, 0.4) is 0 Å². The van der Waals surface area contributed by atoms with Gasteiger partial charge in [-0.2, -0.15) is 0 Å². The molecular formula is C18H32N2O2. The van der Waals surface area contributed by atoms with Crippen molar-refractivity contribution in [2.45, 2.75) is 53.4 Å². The maximum absolute atomic E-state index is 12.4. The Morgan fingerprint density at radius 2 is 1.50 bits per heavy atom. The van der Waals surface area contributed by atoms with Gasteiger partial charge in [0.15, 0.2) is 0 Å². The molecule has 0 N–H and O–H groups in total. The molecule has 0 bridgehead atoms. The van der Waals surface area contributed by atoms with Gasteiger partial charge in [0.2, 0.25) is 5.91 Å². The van der Waals surface area contributed by atoms with E-state index in [2.05, 4.69) is 25.7 Å². The minimum atomic E-state index is 0.173. The van der Waals surface area contributed by atoms with Crippen LogP contribution < -0.4 is 0 Å². The van der Waals surface area contributed by atoms with Gasteiger partial charge in [0.05, 0.1) is 6.54 Å². The quantitative estimate of drug-likeness (QED) is 0.804. The molecule has 22 heavy (non-hydrogen) atoms. The third kappa shape index (κ3) is 4.55. The van der Waals surface area contributed by atoms with Crippen LogP contribution in [0.1, 0.15) is 53.4 Å². The molecule has 2 saturated heterocycles. The highest BCUT2D eigenvalue weighted by Gasteiger charge is 2.31. The van der Waals surface area contributed by atoms with Crippen molar-refractivity contribution < 1.29 is 9.59 Å². The molecule has 0 unspecified atom stereocenters. The molecule has 4 nitrogen and oxygen atoms in total. The van der Waals surface area contributed by atoms with Gasteiger partial charge in [0.1, 0.15) is 5.78 Å². The summed E-state index contributed by atoms with van der Waals surface area (Å²) in [7, 11) is 0. The van der Waals surface area contributed by atoms with Crippen LogP contribution in [0, 0.1) is 17.3 Å². The van der Waals surface area contributed by atoms with Crippen LogP contribution in [0.2, 0.25) is 0 Å². The lowest BCUT2D eigenvalue weighted by Crippen LogP contribution is -2.47. The second kappa shape index (κ2) is 7.12. The Morgan fingerprint density at radius 3 is 1.95 bits per heavy atom. The fourth-order valence-corrected chi connectivity index (χ4v) is 3.78. The molecule has 0 saturated carbocycles. The van der Waals surface area contributed by atoms with Crippen molar-refractivity contribution in [3.05, 3.63) is 0 Å². The van der Waals surface area contributed by atoms with Crippen molar-refractivity contribution in [3.63, 3.8) is 0 Å². The zero-order chi connectivity index (χ0) is 16.3. The number of carbonyl (C=O) groups is 2. The SMILES string of the molecule is CC(=O)C1CCN(C(=O)CN2CCC(C(C)(C)C)CC2)CC1. The first-order chi connectivity index (χ1) is 10.3. The molecule has 2 rings (SSSR count). The molecule has 1 amide bonds. The van der Waals surface area contributed by atoms with E-state index in [1.54, 1.807) is 6.92 Å². The first kappa shape index (κ1) is 17.5. The van der Waals surface area contributed by atoms with E-state index in [-0.39, 0.29) is 17.6 Å². The number of hydrogen-bond donors (Lipinski definition) is 0. The Labute approximate surface area is 135 Å². The van der Waals surface area contributed by atoms with Gasteiger partial charge < -0.3 is 4.90 Å². The van der Waals surface area contributed by atoms with Crippen LogP contribution in [-0.4, -0.2) is 54.2 Å². The Balaban J connectivity index is 1.74. The van der Waals surface area contributed by atoms with E-state index in [1.807, 2.05) is 4.90 Å². The predicted molar refractivity (Wildman–Crippen MR) is 88.6 cm³/mol. The number of carbonyl (C=O) groups excluding carboxylic acids is 2. The van der Waals surface area contributed by atoms with Crippen LogP contribution in [0.5, 0.6) is 0 Å². The number of rotatable bonds is 3. The van der Waals surface area contributed by atoms with Gasteiger partial charge in [0, 0.05) is 19.0 Å². The third-order valence-corrected chi connectivity index (χ3v) is 5.59. The minimum Gasteiger partial charge on any atom is -0.342 e. The summed E-state index contributed by atoms with van der Waals surface area (Å²) in [6, 6.07) is 0. The second-order valence-electron chi connectivity index (χ2n) is 8.18. The van der Waals surface area contributed by atoms with Crippen molar-refractivity contribution in [2.24, 2.45) is 17.3 Å². The molecule has 0 atom stereocenters. The summed E-state index contributed by atoms with van der Waals surface area (Å²) in [4.78, 5) is 28.1. The van der Waals surface area contributed by atoms with Crippen LogP contribution in [-0.2, 0) is 9.59 Å². The van der Waals surface area contributed by atoms with E-state index in [4.69, 9.17) is 0 Å².